The number of hydrogen-bond acceptors (Lipinski definition) is 5. The van der Waals surface area contributed by atoms with Crippen molar-refractivity contribution in [2.45, 2.75) is 6.92 Å². The van der Waals surface area contributed by atoms with Crippen LogP contribution in [0.2, 0.25) is 0 Å². The molecular weight excluding hydrogens is 230 g/mol. The van der Waals surface area contributed by atoms with E-state index in [1.165, 1.54) is 11.3 Å². The molecule has 0 atom stereocenters. The molecule has 2 aromatic heterocycles. The quantitative estimate of drug-likeness (QED) is 0.773. The van der Waals surface area contributed by atoms with Gasteiger partial charge in [-0.05, 0) is 18.4 Å². The zero-order valence-electron chi connectivity index (χ0n) is 8.10. The Bertz CT molecular complexity index is 448. The Morgan fingerprint density at radius 1 is 1.53 bits per heavy atom. The SMILES string of the molecule is CCOC(=O)c1csc(-c2cccs2)n1. The fourth-order valence-corrected chi connectivity index (χ4v) is 2.69. The van der Waals surface area contributed by atoms with Crippen molar-refractivity contribution >= 4 is 28.6 Å². The summed E-state index contributed by atoms with van der Waals surface area (Å²) in [5, 5.41) is 4.58. The number of nitrogens with zero attached hydrogens (tertiary/aromatic N) is 1. The highest BCUT2D eigenvalue weighted by Crippen LogP contribution is 2.27. The fourth-order valence-electron chi connectivity index (χ4n) is 1.09. The summed E-state index contributed by atoms with van der Waals surface area (Å²) in [6, 6.07) is 3.95. The number of carbonyl (C=O) groups excluding carboxylic acids is 1. The second-order valence-corrected chi connectivity index (χ2v) is 4.54. The van der Waals surface area contributed by atoms with Crippen molar-refractivity contribution in [3.8, 4) is 9.88 Å². The highest BCUT2D eigenvalue weighted by atomic mass is 32.1. The van der Waals surface area contributed by atoms with Crippen LogP contribution < -0.4 is 0 Å². The summed E-state index contributed by atoms with van der Waals surface area (Å²) in [6.07, 6.45) is 0. The number of aromatic nitrogens is 1. The molecule has 0 fully saturated rings. The van der Waals surface area contributed by atoms with E-state index >= 15 is 0 Å². The summed E-state index contributed by atoms with van der Waals surface area (Å²) in [7, 11) is 0. The predicted molar refractivity (Wildman–Crippen MR) is 61.4 cm³/mol. The van der Waals surface area contributed by atoms with Gasteiger partial charge in [0.25, 0.3) is 0 Å². The van der Waals surface area contributed by atoms with Gasteiger partial charge < -0.3 is 4.74 Å². The van der Waals surface area contributed by atoms with E-state index in [4.69, 9.17) is 4.74 Å². The first-order chi connectivity index (χ1) is 7.31. The van der Waals surface area contributed by atoms with Crippen LogP contribution in [0.15, 0.2) is 22.9 Å². The van der Waals surface area contributed by atoms with Gasteiger partial charge in [0.1, 0.15) is 5.01 Å². The molecule has 0 saturated carbocycles. The second kappa shape index (κ2) is 4.55. The Morgan fingerprint density at radius 3 is 3.07 bits per heavy atom. The zero-order chi connectivity index (χ0) is 10.7. The van der Waals surface area contributed by atoms with Crippen LogP contribution in [0.1, 0.15) is 17.4 Å². The van der Waals surface area contributed by atoms with Gasteiger partial charge in [0, 0.05) is 5.38 Å². The first-order valence-corrected chi connectivity index (χ1v) is 6.23. The molecule has 0 saturated heterocycles. The van der Waals surface area contributed by atoms with Crippen LogP contribution >= 0.6 is 22.7 Å². The van der Waals surface area contributed by atoms with Crippen LogP contribution in [0.5, 0.6) is 0 Å². The maximum atomic E-state index is 11.4. The number of carbonyl (C=O) groups is 1. The summed E-state index contributed by atoms with van der Waals surface area (Å²) in [5.74, 6) is -0.350. The Balaban J connectivity index is 2.21. The van der Waals surface area contributed by atoms with Crippen molar-refractivity contribution in [1.29, 1.82) is 0 Å². The topological polar surface area (TPSA) is 39.2 Å². The fraction of sp³-hybridized carbons (Fsp3) is 0.200. The van der Waals surface area contributed by atoms with E-state index < -0.39 is 0 Å². The molecule has 0 aliphatic heterocycles. The third-order valence-corrected chi connectivity index (χ3v) is 3.60. The zero-order valence-corrected chi connectivity index (χ0v) is 9.73. The van der Waals surface area contributed by atoms with Crippen LogP contribution in [0.4, 0.5) is 0 Å². The van der Waals surface area contributed by atoms with E-state index in [1.807, 2.05) is 17.5 Å². The Kier molecular flexibility index (Phi) is 3.13. The van der Waals surface area contributed by atoms with E-state index in [2.05, 4.69) is 4.98 Å². The predicted octanol–water partition coefficient (Wildman–Crippen LogP) is 3.05. The van der Waals surface area contributed by atoms with Crippen molar-refractivity contribution in [3.63, 3.8) is 0 Å². The van der Waals surface area contributed by atoms with E-state index in [1.54, 1.807) is 23.6 Å². The molecule has 0 unspecified atom stereocenters. The Hall–Kier alpha value is -1.20. The second-order valence-electron chi connectivity index (χ2n) is 2.74. The summed E-state index contributed by atoms with van der Waals surface area (Å²) in [4.78, 5) is 16.7. The minimum Gasteiger partial charge on any atom is -0.461 e. The lowest BCUT2D eigenvalue weighted by molar-refractivity contribution is 0.0520. The van der Waals surface area contributed by atoms with Crippen LogP contribution in [-0.4, -0.2) is 17.6 Å². The van der Waals surface area contributed by atoms with Crippen molar-refractivity contribution in [2.24, 2.45) is 0 Å². The molecule has 0 radical (unpaired) electrons. The Labute approximate surface area is 95.4 Å². The summed E-state index contributed by atoms with van der Waals surface area (Å²) >= 11 is 3.07. The molecule has 2 aromatic rings. The average molecular weight is 239 g/mol. The molecule has 0 bridgehead atoms. The van der Waals surface area contributed by atoms with Crippen LogP contribution in [-0.2, 0) is 4.74 Å². The lowest BCUT2D eigenvalue weighted by Gasteiger charge is -1.95. The number of ether oxygens (including phenoxy) is 1. The lowest BCUT2D eigenvalue weighted by Crippen LogP contribution is -2.04. The molecule has 0 aliphatic carbocycles. The minimum atomic E-state index is -0.350. The molecule has 0 N–H and O–H groups in total. The van der Waals surface area contributed by atoms with E-state index in [9.17, 15) is 4.79 Å². The highest BCUT2D eigenvalue weighted by molar-refractivity contribution is 7.20. The van der Waals surface area contributed by atoms with Gasteiger partial charge >= 0.3 is 5.97 Å². The maximum absolute atomic E-state index is 11.4. The third kappa shape index (κ3) is 2.24. The molecule has 2 heterocycles. The molecule has 0 aliphatic rings. The molecule has 3 nitrogen and oxygen atoms in total. The van der Waals surface area contributed by atoms with Gasteiger partial charge in [-0.3, -0.25) is 0 Å². The maximum Gasteiger partial charge on any atom is 0.357 e. The van der Waals surface area contributed by atoms with Crippen molar-refractivity contribution in [2.75, 3.05) is 6.61 Å². The van der Waals surface area contributed by atoms with Gasteiger partial charge in [-0.2, -0.15) is 0 Å². The highest BCUT2D eigenvalue weighted by Gasteiger charge is 2.12. The molecule has 0 spiro atoms. The number of esters is 1. The van der Waals surface area contributed by atoms with E-state index in [0.29, 0.717) is 12.3 Å². The van der Waals surface area contributed by atoms with Crippen molar-refractivity contribution in [1.82, 2.24) is 4.98 Å². The minimum absolute atomic E-state index is 0.350. The molecular formula is C10H9NO2S2. The van der Waals surface area contributed by atoms with E-state index in [0.717, 1.165) is 9.88 Å². The first-order valence-electron chi connectivity index (χ1n) is 4.47. The molecule has 0 amide bonds. The number of hydrogen-bond donors (Lipinski definition) is 0. The van der Waals surface area contributed by atoms with Crippen molar-refractivity contribution < 1.29 is 9.53 Å². The van der Waals surface area contributed by atoms with Gasteiger partial charge in [0.2, 0.25) is 0 Å². The lowest BCUT2D eigenvalue weighted by atomic mass is 10.4. The van der Waals surface area contributed by atoms with Gasteiger partial charge in [-0.1, -0.05) is 6.07 Å². The molecule has 0 aromatic carbocycles. The standard InChI is InChI=1S/C10H9NO2S2/c1-2-13-10(12)7-6-15-9(11-7)8-4-3-5-14-8/h3-6H,2H2,1H3. The van der Waals surface area contributed by atoms with Crippen LogP contribution in [0.25, 0.3) is 9.88 Å². The first kappa shape index (κ1) is 10.3. The van der Waals surface area contributed by atoms with Crippen molar-refractivity contribution in [3.05, 3.63) is 28.6 Å². The average Bonchev–Trinajstić information content (AvgIpc) is 2.89. The van der Waals surface area contributed by atoms with Crippen LogP contribution in [0, 0.1) is 0 Å². The molecule has 15 heavy (non-hydrogen) atoms. The summed E-state index contributed by atoms with van der Waals surface area (Å²) < 4.78 is 4.87. The van der Waals surface area contributed by atoms with Gasteiger partial charge in [0.15, 0.2) is 5.69 Å². The third-order valence-electron chi connectivity index (χ3n) is 1.72. The van der Waals surface area contributed by atoms with Gasteiger partial charge in [-0.15, -0.1) is 22.7 Å². The summed E-state index contributed by atoms with van der Waals surface area (Å²) in [5.41, 5.74) is 0.394. The molecule has 5 heteroatoms. The summed E-state index contributed by atoms with van der Waals surface area (Å²) in [6.45, 7) is 2.16. The van der Waals surface area contributed by atoms with Crippen LogP contribution in [0.3, 0.4) is 0 Å². The smallest absolute Gasteiger partial charge is 0.357 e. The number of thiazole rings is 1. The van der Waals surface area contributed by atoms with Gasteiger partial charge in [-0.25, -0.2) is 9.78 Å². The monoisotopic (exact) mass is 239 g/mol. The number of rotatable bonds is 3. The Morgan fingerprint density at radius 2 is 2.40 bits per heavy atom. The largest absolute Gasteiger partial charge is 0.461 e. The number of thiophene rings is 1. The molecule has 2 rings (SSSR count). The van der Waals surface area contributed by atoms with E-state index in [-0.39, 0.29) is 5.97 Å². The molecule has 78 valence electrons. The normalized spacial score (nSPS) is 10.2. The van der Waals surface area contributed by atoms with Gasteiger partial charge in [0.05, 0.1) is 11.5 Å².